The van der Waals surface area contributed by atoms with Gasteiger partial charge in [-0.2, -0.15) is 18.3 Å². The summed E-state index contributed by atoms with van der Waals surface area (Å²) in [5.74, 6) is -3.22. The molecule has 3 aromatic rings. The number of thiophene rings is 1. The number of carbonyl (C=O) groups excluding carboxylic acids is 3. The lowest BCUT2D eigenvalue weighted by atomic mass is 10.2. The van der Waals surface area contributed by atoms with Gasteiger partial charge in [-0.05, 0) is 31.4 Å². The zero-order valence-corrected chi connectivity index (χ0v) is 17.6. The SMILES string of the molecule is CCOC(=O)C(NC(=O)c1cc2nc(-c3cccs3)cc(C(F)(F)F)n2n1)C(=O)OCC. The molecule has 0 aliphatic rings. The van der Waals surface area contributed by atoms with Gasteiger partial charge in [-0.15, -0.1) is 11.3 Å². The number of amides is 1. The van der Waals surface area contributed by atoms with E-state index in [0.717, 1.165) is 12.1 Å². The Hall–Kier alpha value is -3.48. The Morgan fingerprint density at radius 3 is 2.34 bits per heavy atom. The van der Waals surface area contributed by atoms with Gasteiger partial charge in [0.2, 0.25) is 6.04 Å². The number of aromatic nitrogens is 3. The fourth-order valence-electron chi connectivity index (χ4n) is 2.71. The summed E-state index contributed by atoms with van der Waals surface area (Å²) in [6.45, 7) is 2.87. The third kappa shape index (κ3) is 4.88. The number of nitrogens with one attached hydrogen (secondary N) is 1. The molecule has 13 heteroatoms. The number of hydrogen-bond acceptors (Lipinski definition) is 8. The third-order valence-electron chi connectivity index (χ3n) is 4.04. The minimum Gasteiger partial charge on any atom is -0.464 e. The van der Waals surface area contributed by atoms with Crippen LogP contribution >= 0.6 is 11.3 Å². The van der Waals surface area contributed by atoms with Gasteiger partial charge in [-0.1, -0.05) is 6.07 Å². The van der Waals surface area contributed by atoms with Crippen molar-refractivity contribution in [2.45, 2.75) is 26.1 Å². The predicted molar refractivity (Wildman–Crippen MR) is 106 cm³/mol. The van der Waals surface area contributed by atoms with E-state index >= 15 is 0 Å². The monoisotopic (exact) mass is 470 g/mol. The highest BCUT2D eigenvalue weighted by atomic mass is 32.1. The van der Waals surface area contributed by atoms with Crippen LogP contribution in [0.5, 0.6) is 0 Å². The van der Waals surface area contributed by atoms with Crippen LogP contribution < -0.4 is 5.32 Å². The van der Waals surface area contributed by atoms with E-state index in [4.69, 9.17) is 9.47 Å². The Kier molecular flexibility index (Phi) is 6.77. The second kappa shape index (κ2) is 9.34. The quantitative estimate of drug-likeness (QED) is 0.417. The average Bonchev–Trinajstić information content (AvgIpc) is 3.40. The van der Waals surface area contributed by atoms with Crippen molar-refractivity contribution in [1.82, 2.24) is 19.9 Å². The fourth-order valence-corrected chi connectivity index (χ4v) is 3.39. The molecule has 32 heavy (non-hydrogen) atoms. The number of halogens is 3. The summed E-state index contributed by atoms with van der Waals surface area (Å²) in [7, 11) is 0. The van der Waals surface area contributed by atoms with Crippen LogP contribution in [0.4, 0.5) is 13.2 Å². The van der Waals surface area contributed by atoms with E-state index in [1.807, 2.05) is 0 Å². The van der Waals surface area contributed by atoms with Gasteiger partial charge in [0, 0.05) is 6.07 Å². The van der Waals surface area contributed by atoms with Gasteiger partial charge in [-0.3, -0.25) is 4.79 Å². The predicted octanol–water partition coefficient (Wildman–Crippen LogP) is 2.70. The molecule has 0 spiro atoms. The number of hydrogen-bond donors (Lipinski definition) is 1. The van der Waals surface area contributed by atoms with Crippen molar-refractivity contribution in [3.63, 3.8) is 0 Å². The normalized spacial score (nSPS) is 11.6. The first-order chi connectivity index (χ1) is 15.2. The topological polar surface area (TPSA) is 112 Å². The Morgan fingerprint density at radius 1 is 1.16 bits per heavy atom. The third-order valence-corrected chi connectivity index (χ3v) is 4.94. The molecule has 0 atom stereocenters. The minimum atomic E-state index is -4.79. The minimum absolute atomic E-state index is 0.0580. The van der Waals surface area contributed by atoms with E-state index in [1.165, 1.54) is 25.2 Å². The first-order valence-electron chi connectivity index (χ1n) is 9.31. The molecule has 3 aromatic heterocycles. The first kappa shape index (κ1) is 23.2. The summed E-state index contributed by atoms with van der Waals surface area (Å²) in [4.78, 5) is 41.3. The molecule has 0 aliphatic carbocycles. The van der Waals surface area contributed by atoms with Crippen LogP contribution in [0.25, 0.3) is 16.2 Å². The summed E-state index contributed by atoms with van der Waals surface area (Å²) in [5, 5.41) is 7.47. The molecule has 0 aromatic carbocycles. The molecular weight excluding hydrogens is 453 g/mol. The number of rotatable bonds is 7. The maximum Gasteiger partial charge on any atom is 0.433 e. The number of esters is 2. The van der Waals surface area contributed by atoms with Crippen molar-refractivity contribution in [2.75, 3.05) is 13.2 Å². The maximum atomic E-state index is 13.6. The molecule has 1 amide bonds. The lowest BCUT2D eigenvalue weighted by Crippen LogP contribution is -2.48. The zero-order chi connectivity index (χ0) is 23.5. The van der Waals surface area contributed by atoms with E-state index in [9.17, 15) is 27.6 Å². The second-order valence-electron chi connectivity index (χ2n) is 6.21. The van der Waals surface area contributed by atoms with Gasteiger partial charge >= 0.3 is 18.1 Å². The number of nitrogens with zero attached hydrogens (tertiary/aromatic N) is 3. The Bertz CT molecular complexity index is 1130. The van der Waals surface area contributed by atoms with E-state index < -0.39 is 41.5 Å². The second-order valence-corrected chi connectivity index (χ2v) is 7.16. The number of alkyl halides is 3. The summed E-state index contributed by atoms with van der Waals surface area (Å²) in [6.07, 6.45) is -4.79. The summed E-state index contributed by atoms with van der Waals surface area (Å²) < 4.78 is 50.9. The van der Waals surface area contributed by atoms with Crippen molar-refractivity contribution in [1.29, 1.82) is 0 Å². The smallest absolute Gasteiger partial charge is 0.433 e. The van der Waals surface area contributed by atoms with Crippen LogP contribution in [0.2, 0.25) is 0 Å². The summed E-state index contributed by atoms with van der Waals surface area (Å²) in [5.41, 5.74) is -1.80. The van der Waals surface area contributed by atoms with Crippen molar-refractivity contribution in [2.24, 2.45) is 0 Å². The van der Waals surface area contributed by atoms with Crippen LogP contribution in [0, 0.1) is 0 Å². The van der Waals surface area contributed by atoms with Crippen molar-refractivity contribution in [3.8, 4) is 10.6 Å². The molecule has 0 aliphatic heterocycles. The first-order valence-corrected chi connectivity index (χ1v) is 10.2. The van der Waals surface area contributed by atoms with Gasteiger partial charge in [0.15, 0.2) is 17.0 Å². The molecular formula is C19H17F3N4O5S. The standard InChI is InChI=1S/C19H17F3N4O5S/c1-3-30-17(28)15(18(29)31-4-2)24-16(27)11-9-14-23-10(12-6-5-7-32-12)8-13(19(20,21)22)26(14)25-11/h5-9,15H,3-4H2,1-2H3,(H,24,27). The molecule has 0 saturated heterocycles. The number of ether oxygens (including phenoxy) is 2. The van der Waals surface area contributed by atoms with Crippen molar-refractivity contribution in [3.05, 3.63) is 41.0 Å². The average molecular weight is 470 g/mol. The Morgan fingerprint density at radius 2 is 1.81 bits per heavy atom. The lowest BCUT2D eigenvalue weighted by molar-refractivity contribution is -0.157. The Balaban J connectivity index is 2.00. The van der Waals surface area contributed by atoms with Crippen LogP contribution in [0.1, 0.15) is 30.0 Å². The lowest BCUT2D eigenvalue weighted by Gasteiger charge is -2.15. The molecule has 9 nitrogen and oxygen atoms in total. The number of carbonyl (C=O) groups is 3. The molecule has 3 rings (SSSR count). The van der Waals surface area contributed by atoms with E-state index in [-0.39, 0.29) is 24.6 Å². The molecule has 0 bridgehead atoms. The molecule has 0 radical (unpaired) electrons. The van der Waals surface area contributed by atoms with Gasteiger partial charge in [0.05, 0.1) is 23.8 Å². The fraction of sp³-hybridized carbons (Fsp3) is 0.316. The summed E-state index contributed by atoms with van der Waals surface area (Å²) in [6, 6.07) is 3.32. The van der Waals surface area contributed by atoms with E-state index in [1.54, 1.807) is 17.5 Å². The van der Waals surface area contributed by atoms with Crippen LogP contribution in [-0.4, -0.2) is 51.7 Å². The molecule has 0 unspecified atom stereocenters. The van der Waals surface area contributed by atoms with Crippen LogP contribution in [0.15, 0.2) is 29.6 Å². The zero-order valence-electron chi connectivity index (χ0n) is 16.8. The summed E-state index contributed by atoms with van der Waals surface area (Å²) >= 11 is 1.20. The van der Waals surface area contributed by atoms with Crippen molar-refractivity contribution < 1.29 is 37.0 Å². The highest BCUT2D eigenvalue weighted by molar-refractivity contribution is 7.13. The molecule has 170 valence electrons. The maximum absolute atomic E-state index is 13.6. The van der Waals surface area contributed by atoms with Crippen LogP contribution in [0.3, 0.4) is 0 Å². The molecule has 3 heterocycles. The van der Waals surface area contributed by atoms with Gasteiger partial charge < -0.3 is 14.8 Å². The number of fused-ring (bicyclic) bond motifs is 1. The largest absolute Gasteiger partial charge is 0.464 e. The van der Waals surface area contributed by atoms with Gasteiger partial charge in [0.1, 0.15) is 0 Å². The van der Waals surface area contributed by atoms with Crippen molar-refractivity contribution >= 4 is 34.8 Å². The van der Waals surface area contributed by atoms with E-state index in [0.29, 0.717) is 9.39 Å². The van der Waals surface area contributed by atoms with Crippen LogP contribution in [-0.2, 0) is 25.2 Å². The molecule has 1 N–H and O–H groups in total. The van der Waals surface area contributed by atoms with Gasteiger partial charge in [-0.25, -0.2) is 19.1 Å². The Labute approximate surface area is 183 Å². The highest BCUT2D eigenvalue weighted by Crippen LogP contribution is 2.33. The van der Waals surface area contributed by atoms with E-state index in [2.05, 4.69) is 15.4 Å². The van der Waals surface area contributed by atoms with Gasteiger partial charge in [0.25, 0.3) is 5.91 Å². The molecule has 0 fully saturated rings. The highest BCUT2D eigenvalue weighted by Gasteiger charge is 2.36. The molecule has 0 saturated carbocycles.